The fourth-order valence-corrected chi connectivity index (χ4v) is 3.41. The molecule has 0 amide bonds. The van der Waals surface area contributed by atoms with Gasteiger partial charge in [-0.25, -0.2) is 0 Å². The second-order valence-corrected chi connectivity index (χ2v) is 6.97. The SMILES string of the molecule is CC1(C)O[C@@H]2[C@H](O1)[C@H]1OC(C)(C)O[C@H]1O[C@@H]2[C@H](O)/C=C/Br. The number of fused-ring (bicyclic) bond motifs is 3. The number of aliphatic hydroxyl groups excluding tert-OH is 1. The summed E-state index contributed by atoms with van der Waals surface area (Å²) in [4.78, 5) is 1.60. The lowest BCUT2D eigenvalue weighted by molar-refractivity contribution is -0.247. The van der Waals surface area contributed by atoms with E-state index in [4.69, 9.17) is 23.7 Å². The molecule has 3 aliphatic heterocycles. The van der Waals surface area contributed by atoms with E-state index in [0.29, 0.717) is 0 Å². The highest BCUT2D eigenvalue weighted by atomic mass is 79.9. The lowest BCUT2D eigenvalue weighted by Gasteiger charge is -2.38. The highest BCUT2D eigenvalue weighted by Gasteiger charge is 2.61. The van der Waals surface area contributed by atoms with Crippen molar-refractivity contribution in [2.24, 2.45) is 0 Å². The summed E-state index contributed by atoms with van der Waals surface area (Å²) in [6.07, 6.45) is -1.53. The Morgan fingerprint density at radius 2 is 1.52 bits per heavy atom. The van der Waals surface area contributed by atoms with Crippen molar-refractivity contribution < 1.29 is 28.8 Å². The van der Waals surface area contributed by atoms with Crippen LogP contribution in [0.25, 0.3) is 0 Å². The van der Waals surface area contributed by atoms with Gasteiger partial charge in [0.05, 0.1) is 0 Å². The van der Waals surface area contributed by atoms with Crippen LogP contribution in [-0.4, -0.2) is 53.5 Å². The van der Waals surface area contributed by atoms with E-state index in [1.54, 1.807) is 11.1 Å². The molecule has 6 nitrogen and oxygen atoms in total. The van der Waals surface area contributed by atoms with Gasteiger partial charge in [-0.1, -0.05) is 15.9 Å². The Balaban J connectivity index is 1.88. The van der Waals surface area contributed by atoms with Gasteiger partial charge in [0.15, 0.2) is 17.9 Å². The summed E-state index contributed by atoms with van der Waals surface area (Å²) in [6, 6.07) is 0. The third kappa shape index (κ3) is 2.93. The number of hydrogen-bond donors (Lipinski definition) is 1. The van der Waals surface area contributed by atoms with Gasteiger partial charge < -0.3 is 28.8 Å². The molecule has 120 valence electrons. The number of rotatable bonds is 2. The fraction of sp³-hybridized carbons (Fsp3) is 0.857. The number of halogens is 1. The van der Waals surface area contributed by atoms with Crippen LogP contribution < -0.4 is 0 Å². The van der Waals surface area contributed by atoms with Gasteiger partial charge in [0, 0.05) is 0 Å². The van der Waals surface area contributed by atoms with Crippen molar-refractivity contribution in [1.29, 1.82) is 0 Å². The predicted octanol–water partition coefficient (Wildman–Crippen LogP) is 1.65. The van der Waals surface area contributed by atoms with Crippen molar-refractivity contribution in [2.45, 2.75) is 76.1 Å². The largest absolute Gasteiger partial charge is 0.386 e. The van der Waals surface area contributed by atoms with Gasteiger partial charge >= 0.3 is 0 Å². The first-order chi connectivity index (χ1) is 9.72. The molecule has 6 atom stereocenters. The molecule has 0 aromatic carbocycles. The summed E-state index contributed by atoms with van der Waals surface area (Å²) in [5.41, 5.74) is 0. The van der Waals surface area contributed by atoms with Crippen LogP contribution in [0.5, 0.6) is 0 Å². The third-order valence-corrected chi connectivity index (χ3v) is 4.10. The molecule has 21 heavy (non-hydrogen) atoms. The molecule has 3 saturated heterocycles. The highest BCUT2D eigenvalue weighted by molar-refractivity contribution is 9.11. The number of ether oxygens (including phenoxy) is 5. The fourth-order valence-electron chi connectivity index (χ4n) is 3.10. The Labute approximate surface area is 132 Å². The van der Waals surface area contributed by atoms with Crippen molar-refractivity contribution in [3.8, 4) is 0 Å². The van der Waals surface area contributed by atoms with E-state index in [0.717, 1.165) is 0 Å². The van der Waals surface area contributed by atoms with Gasteiger partial charge in [-0.15, -0.1) is 0 Å². The molecule has 3 fully saturated rings. The van der Waals surface area contributed by atoms with Gasteiger partial charge in [-0.2, -0.15) is 0 Å². The van der Waals surface area contributed by atoms with Crippen LogP contribution in [0, 0.1) is 0 Å². The zero-order valence-electron chi connectivity index (χ0n) is 12.5. The highest BCUT2D eigenvalue weighted by Crippen LogP contribution is 2.44. The van der Waals surface area contributed by atoms with Gasteiger partial charge in [-0.3, -0.25) is 0 Å². The molecule has 0 unspecified atom stereocenters. The smallest absolute Gasteiger partial charge is 0.190 e. The van der Waals surface area contributed by atoms with Crippen molar-refractivity contribution in [2.75, 3.05) is 0 Å². The molecule has 0 aliphatic carbocycles. The van der Waals surface area contributed by atoms with E-state index in [2.05, 4.69) is 15.9 Å². The van der Waals surface area contributed by atoms with E-state index in [-0.39, 0.29) is 12.2 Å². The van der Waals surface area contributed by atoms with Crippen molar-refractivity contribution in [3.05, 3.63) is 11.1 Å². The molecule has 3 rings (SSSR count). The average Bonchev–Trinajstić information content (AvgIpc) is 2.82. The Bertz CT molecular complexity index is 437. The maximum Gasteiger partial charge on any atom is 0.190 e. The molecule has 7 heteroatoms. The second kappa shape index (κ2) is 5.26. The summed E-state index contributed by atoms with van der Waals surface area (Å²) in [5.74, 6) is -1.50. The summed E-state index contributed by atoms with van der Waals surface area (Å²) in [6.45, 7) is 7.33. The standard InChI is InChI=1S/C14H21BrO6/c1-13(2)18-9-8(7(16)5-6-15)17-12-11(10(9)19-13)20-14(3,4)21-12/h5-12,16H,1-4H3/b6-5+/t7-,8-,9+,10+,11-,12-/m1/s1. The molecule has 0 radical (unpaired) electrons. The van der Waals surface area contributed by atoms with E-state index >= 15 is 0 Å². The first kappa shape index (κ1) is 15.9. The molecule has 0 aromatic rings. The summed E-state index contributed by atoms with van der Waals surface area (Å²) < 4.78 is 29.4. The Morgan fingerprint density at radius 1 is 0.952 bits per heavy atom. The van der Waals surface area contributed by atoms with Gasteiger partial charge in [0.25, 0.3) is 0 Å². The molecular weight excluding hydrogens is 344 g/mol. The average molecular weight is 365 g/mol. The Morgan fingerprint density at radius 3 is 2.19 bits per heavy atom. The number of aliphatic hydroxyl groups is 1. The topological polar surface area (TPSA) is 66.4 Å². The molecule has 0 saturated carbocycles. The lowest BCUT2D eigenvalue weighted by atomic mass is 9.95. The van der Waals surface area contributed by atoms with E-state index in [1.165, 1.54) is 0 Å². The van der Waals surface area contributed by atoms with Crippen molar-refractivity contribution in [3.63, 3.8) is 0 Å². The van der Waals surface area contributed by atoms with Gasteiger partial charge in [0.1, 0.15) is 30.5 Å². The third-order valence-electron chi connectivity index (χ3n) is 3.80. The number of hydrogen-bond acceptors (Lipinski definition) is 6. The van der Waals surface area contributed by atoms with Crippen LogP contribution in [0.4, 0.5) is 0 Å². The first-order valence-electron chi connectivity index (χ1n) is 7.04. The predicted molar refractivity (Wildman–Crippen MR) is 76.6 cm³/mol. The molecule has 0 spiro atoms. The summed E-state index contributed by atoms with van der Waals surface area (Å²) in [7, 11) is 0. The van der Waals surface area contributed by atoms with E-state index in [9.17, 15) is 5.11 Å². The first-order valence-corrected chi connectivity index (χ1v) is 7.96. The van der Waals surface area contributed by atoms with Gasteiger partial charge in [0.2, 0.25) is 0 Å². The summed E-state index contributed by atoms with van der Waals surface area (Å²) in [5, 5.41) is 10.3. The quantitative estimate of drug-likeness (QED) is 0.803. The van der Waals surface area contributed by atoms with Crippen LogP contribution in [-0.2, 0) is 23.7 Å². The Kier molecular flexibility index (Phi) is 3.97. The minimum atomic E-state index is -0.831. The van der Waals surface area contributed by atoms with Crippen LogP contribution in [0.3, 0.4) is 0 Å². The van der Waals surface area contributed by atoms with E-state index in [1.807, 2.05) is 27.7 Å². The molecule has 0 bridgehead atoms. The van der Waals surface area contributed by atoms with Crippen molar-refractivity contribution >= 4 is 15.9 Å². The molecular formula is C14H21BrO6. The van der Waals surface area contributed by atoms with Crippen LogP contribution in [0.2, 0.25) is 0 Å². The van der Waals surface area contributed by atoms with Crippen molar-refractivity contribution in [1.82, 2.24) is 0 Å². The lowest BCUT2D eigenvalue weighted by Crippen LogP contribution is -2.58. The zero-order chi connectivity index (χ0) is 15.4. The molecule has 1 N–H and O–H groups in total. The van der Waals surface area contributed by atoms with E-state index < -0.39 is 36.2 Å². The molecule has 0 aromatic heterocycles. The van der Waals surface area contributed by atoms with Crippen LogP contribution in [0.15, 0.2) is 11.1 Å². The minimum absolute atomic E-state index is 0.344. The normalized spacial score (nSPS) is 45.5. The maximum atomic E-state index is 10.3. The second-order valence-electron chi connectivity index (χ2n) is 6.44. The minimum Gasteiger partial charge on any atom is -0.386 e. The zero-order valence-corrected chi connectivity index (χ0v) is 14.1. The molecule has 3 aliphatic rings. The van der Waals surface area contributed by atoms with Gasteiger partial charge in [-0.05, 0) is 38.8 Å². The van der Waals surface area contributed by atoms with Crippen LogP contribution in [0.1, 0.15) is 27.7 Å². The monoisotopic (exact) mass is 364 g/mol. The Hall–Kier alpha value is -0.0200. The summed E-state index contributed by atoms with van der Waals surface area (Å²) >= 11 is 3.16. The van der Waals surface area contributed by atoms with Crippen LogP contribution >= 0.6 is 15.9 Å². The maximum absolute atomic E-state index is 10.3. The molecule has 3 heterocycles.